The lowest BCUT2D eigenvalue weighted by Crippen LogP contribution is -2.13. The minimum atomic E-state index is -0.679. The summed E-state index contributed by atoms with van der Waals surface area (Å²) in [7, 11) is 0. The summed E-state index contributed by atoms with van der Waals surface area (Å²) in [4.78, 5) is 28.6. The minimum absolute atomic E-state index is 0.0418. The summed E-state index contributed by atoms with van der Waals surface area (Å²) in [6.07, 6.45) is 0. The van der Waals surface area contributed by atoms with Crippen molar-refractivity contribution in [2.75, 3.05) is 6.61 Å². The molecule has 0 fully saturated rings. The van der Waals surface area contributed by atoms with Gasteiger partial charge in [-0.25, -0.2) is 9.78 Å². The molecule has 0 saturated carbocycles. The van der Waals surface area contributed by atoms with Crippen molar-refractivity contribution in [1.29, 1.82) is 0 Å². The van der Waals surface area contributed by atoms with E-state index in [1.165, 1.54) is 17.4 Å². The second-order valence-electron chi connectivity index (χ2n) is 5.52. The van der Waals surface area contributed by atoms with Crippen molar-refractivity contribution in [2.45, 2.75) is 0 Å². The zero-order chi connectivity index (χ0) is 17.9. The molecule has 26 heavy (non-hydrogen) atoms. The van der Waals surface area contributed by atoms with Crippen LogP contribution >= 0.6 is 11.3 Å². The number of carbonyl (C=O) groups excluding carboxylic acids is 2. The molecule has 4 aromatic rings. The van der Waals surface area contributed by atoms with Crippen LogP contribution in [0.25, 0.3) is 21.0 Å². The van der Waals surface area contributed by atoms with Gasteiger partial charge in [0.05, 0.1) is 10.2 Å². The van der Waals surface area contributed by atoms with Gasteiger partial charge in [0.2, 0.25) is 5.76 Å². The zero-order valence-electron chi connectivity index (χ0n) is 13.5. The van der Waals surface area contributed by atoms with E-state index in [9.17, 15) is 9.59 Å². The summed E-state index contributed by atoms with van der Waals surface area (Å²) in [6.45, 7) is -0.333. The number of fused-ring (bicyclic) bond motifs is 1. The summed E-state index contributed by atoms with van der Waals surface area (Å²) < 4.78 is 11.7. The molecule has 0 aliphatic heterocycles. The highest BCUT2D eigenvalue weighted by atomic mass is 32.1. The van der Waals surface area contributed by atoms with Crippen LogP contribution in [-0.2, 0) is 4.74 Å². The number of carbonyl (C=O) groups is 2. The first-order valence-electron chi connectivity index (χ1n) is 7.92. The Morgan fingerprint density at radius 1 is 0.962 bits per heavy atom. The standard InChI is InChI=1S/C20H13NO4S/c22-15(13-6-2-1-3-7-13)12-24-20(23)17-11-10-16(25-17)19-21-14-8-4-5-9-18(14)26-19/h1-11H,12H2. The number of ketones is 1. The molecule has 4 rings (SSSR count). The lowest BCUT2D eigenvalue weighted by Gasteiger charge is -2.02. The fourth-order valence-corrected chi connectivity index (χ4v) is 3.38. The molecule has 5 nitrogen and oxygen atoms in total. The molecule has 0 amide bonds. The molecule has 2 aromatic heterocycles. The van der Waals surface area contributed by atoms with Crippen molar-refractivity contribution in [3.8, 4) is 10.8 Å². The fraction of sp³-hybridized carbons (Fsp3) is 0.0500. The van der Waals surface area contributed by atoms with Gasteiger partial charge in [-0.05, 0) is 24.3 Å². The number of furan rings is 1. The summed E-state index contributed by atoms with van der Waals surface area (Å²) in [5.74, 6) is -0.411. The number of nitrogens with zero attached hydrogens (tertiary/aromatic N) is 1. The molecule has 0 unspecified atom stereocenters. The van der Waals surface area contributed by atoms with Crippen LogP contribution in [0.1, 0.15) is 20.9 Å². The number of rotatable bonds is 5. The number of hydrogen-bond acceptors (Lipinski definition) is 6. The quantitative estimate of drug-likeness (QED) is 0.383. The third kappa shape index (κ3) is 3.27. The first kappa shape index (κ1) is 16.2. The third-order valence-corrected chi connectivity index (χ3v) is 4.79. The monoisotopic (exact) mass is 363 g/mol. The molecule has 128 valence electrons. The van der Waals surface area contributed by atoms with Crippen molar-refractivity contribution in [3.63, 3.8) is 0 Å². The van der Waals surface area contributed by atoms with Crippen LogP contribution < -0.4 is 0 Å². The highest BCUT2D eigenvalue weighted by Crippen LogP contribution is 2.31. The van der Waals surface area contributed by atoms with E-state index in [2.05, 4.69) is 4.98 Å². The summed E-state index contributed by atoms with van der Waals surface area (Å²) in [5.41, 5.74) is 1.37. The number of hydrogen-bond donors (Lipinski definition) is 0. The number of para-hydroxylation sites is 1. The second kappa shape index (κ2) is 6.93. The van der Waals surface area contributed by atoms with E-state index in [0.29, 0.717) is 16.3 Å². The van der Waals surface area contributed by atoms with E-state index in [0.717, 1.165) is 10.2 Å². The number of ether oxygens (including phenoxy) is 1. The highest BCUT2D eigenvalue weighted by molar-refractivity contribution is 7.21. The molecule has 0 atom stereocenters. The van der Waals surface area contributed by atoms with Crippen LogP contribution in [0.5, 0.6) is 0 Å². The Balaban J connectivity index is 1.45. The van der Waals surface area contributed by atoms with Gasteiger partial charge < -0.3 is 9.15 Å². The molecule has 0 radical (unpaired) electrons. The molecule has 2 heterocycles. The van der Waals surface area contributed by atoms with E-state index < -0.39 is 5.97 Å². The van der Waals surface area contributed by atoms with Crippen molar-refractivity contribution in [3.05, 3.63) is 78.1 Å². The third-order valence-electron chi connectivity index (χ3n) is 3.74. The van der Waals surface area contributed by atoms with Crippen molar-refractivity contribution >= 4 is 33.3 Å². The molecule has 0 saturated heterocycles. The van der Waals surface area contributed by atoms with Crippen LogP contribution in [-0.4, -0.2) is 23.3 Å². The second-order valence-corrected chi connectivity index (χ2v) is 6.55. The topological polar surface area (TPSA) is 69.4 Å². The lowest BCUT2D eigenvalue weighted by atomic mass is 10.1. The van der Waals surface area contributed by atoms with Crippen molar-refractivity contribution < 1.29 is 18.7 Å². The molecule has 2 aromatic carbocycles. The normalized spacial score (nSPS) is 10.8. The summed E-state index contributed by atoms with van der Waals surface area (Å²) >= 11 is 1.48. The average molecular weight is 363 g/mol. The summed E-state index contributed by atoms with van der Waals surface area (Å²) in [5, 5.41) is 0.686. The van der Waals surface area contributed by atoms with Crippen LogP contribution in [0, 0.1) is 0 Å². The van der Waals surface area contributed by atoms with Gasteiger partial charge in [0.15, 0.2) is 23.2 Å². The molecular weight excluding hydrogens is 350 g/mol. The highest BCUT2D eigenvalue weighted by Gasteiger charge is 2.17. The van der Waals surface area contributed by atoms with E-state index in [-0.39, 0.29) is 18.2 Å². The van der Waals surface area contributed by atoms with Crippen LogP contribution in [0.2, 0.25) is 0 Å². The summed E-state index contributed by atoms with van der Waals surface area (Å²) in [6, 6.07) is 19.6. The predicted octanol–water partition coefficient (Wildman–Crippen LogP) is 4.60. The Bertz CT molecular complexity index is 1050. The van der Waals surface area contributed by atoms with Gasteiger partial charge in [-0.15, -0.1) is 11.3 Å². The average Bonchev–Trinajstić information content (AvgIpc) is 3.33. The largest absolute Gasteiger partial charge is 0.451 e. The van der Waals surface area contributed by atoms with E-state index in [1.807, 2.05) is 30.3 Å². The van der Waals surface area contributed by atoms with Crippen molar-refractivity contribution in [1.82, 2.24) is 4.98 Å². The van der Waals surface area contributed by atoms with Gasteiger partial charge in [0, 0.05) is 5.56 Å². The first-order chi connectivity index (χ1) is 12.7. The van der Waals surface area contributed by atoms with Crippen LogP contribution in [0.3, 0.4) is 0 Å². The molecule has 6 heteroatoms. The van der Waals surface area contributed by atoms with Crippen LogP contribution in [0.15, 0.2) is 71.1 Å². The SMILES string of the molecule is O=C(COC(=O)c1ccc(-c2nc3ccccc3s2)o1)c1ccccc1. The number of Topliss-reactive ketones (excluding diaryl/α,β-unsaturated/α-hetero) is 1. The molecule has 0 aliphatic rings. The Hall–Kier alpha value is -3.25. The van der Waals surface area contributed by atoms with Crippen LogP contribution in [0.4, 0.5) is 0 Å². The van der Waals surface area contributed by atoms with Gasteiger partial charge in [-0.3, -0.25) is 4.79 Å². The smallest absolute Gasteiger partial charge is 0.374 e. The predicted molar refractivity (Wildman–Crippen MR) is 98.4 cm³/mol. The molecule has 0 aliphatic carbocycles. The molecule has 0 N–H and O–H groups in total. The Kier molecular flexibility index (Phi) is 4.33. The van der Waals surface area contributed by atoms with Crippen molar-refractivity contribution in [2.24, 2.45) is 0 Å². The molecule has 0 spiro atoms. The maximum absolute atomic E-state index is 12.1. The Morgan fingerprint density at radius 3 is 2.54 bits per heavy atom. The number of thiazole rings is 1. The fourth-order valence-electron chi connectivity index (χ4n) is 2.45. The molecule has 0 bridgehead atoms. The van der Waals surface area contributed by atoms with Gasteiger partial charge >= 0.3 is 5.97 Å². The lowest BCUT2D eigenvalue weighted by molar-refractivity contribution is 0.0445. The van der Waals surface area contributed by atoms with Gasteiger partial charge in [-0.2, -0.15) is 0 Å². The number of aromatic nitrogens is 1. The molecular formula is C20H13NO4S. The Labute approximate surface area is 152 Å². The number of benzene rings is 2. The van der Waals surface area contributed by atoms with Gasteiger partial charge in [0.1, 0.15) is 0 Å². The maximum atomic E-state index is 12.1. The number of esters is 1. The van der Waals surface area contributed by atoms with E-state index in [4.69, 9.17) is 9.15 Å². The van der Waals surface area contributed by atoms with Gasteiger partial charge in [-0.1, -0.05) is 42.5 Å². The van der Waals surface area contributed by atoms with E-state index >= 15 is 0 Å². The van der Waals surface area contributed by atoms with Gasteiger partial charge in [0.25, 0.3) is 0 Å². The zero-order valence-corrected chi connectivity index (χ0v) is 14.4. The first-order valence-corrected chi connectivity index (χ1v) is 8.73. The minimum Gasteiger partial charge on any atom is -0.451 e. The van der Waals surface area contributed by atoms with E-state index in [1.54, 1.807) is 30.3 Å². The Morgan fingerprint density at radius 2 is 1.73 bits per heavy atom. The maximum Gasteiger partial charge on any atom is 0.374 e.